The number of halogens is 10. The van der Waals surface area contributed by atoms with E-state index in [2.05, 4.69) is 0 Å². The van der Waals surface area contributed by atoms with Crippen molar-refractivity contribution < 1.29 is 53.8 Å². The van der Waals surface area contributed by atoms with Gasteiger partial charge in [0, 0.05) is 12.6 Å². The molecule has 0 saturated carbocycles. The molecule has 1 aliphatic rings. The molecule has 3 rings (SSSR count). The molecule has 0 aromatic heterocycles. The highest BCUT2D eigenvalue weighted by molar-refractivity contribution is 6.62. The number of alkyl halides is 9. The van der Waals surface area contributed by atoms with Crippen LogP contribution in [0.25, 0.3) is 0 Å². The summed E-state index contributed by atoms with van der Waals surface area (Å²) < 4.78 is 126. The number of carbonyl (C=O) groups is 2. The van der Waals surface area contributed by atoms with Crippen LogP contribution in [0.15, 0.2) is 36.4 Å². The van der Waals surface area contributed by atoms with Crippen molar-refractivity contribution in [2.24, 2.45) is 0 Å². The average Bonchev–Trinajstić information content (AvgIpc) is 2.79. The summed E-state index contributed by atoms with van der Waals surface area (Å²) in [5.41, 5.74) is -5.38. The zero-order valence-corrected chi connectivity index (χ0v) is 20.9. The lowest BCUT2D eigenvalue weighted by Crippen LogP contribution is -2.47. The molecule has 15 heteroatoms. The summed E-state index contributed by atoms with van der Waals surface area (Å²) in [6, 6.07) is 0.842. The Labute approximate surface area is 221 Å². The third-order valence-corrected chi connectivity index (χ3v) is 6.26. The predicted molar refractivity (Wildman–Crippen MR) is 121 cm³/mol. The van der Waals surface area contributed by atoms with Crippen molar-refractivity contribution in [3.8, 4) is 0 Å². The highest BCUT2D eigenvalue weighted by Crippen LogP contribution is 2.45. The third kappa shape index (κ3) is 6.71. The second-order valence-corrected chi connectivity index (χ2v) is 9.06. The zero-order chi connectivity index (χ0) is 29.5. The number of benzene rings is 2. The van der Waals surface area contributed by atoms with Crippen molar-refractivity contribution >= 4 is 28.7 Å². The molecule has 0 spiro atoms. The minimum atomic E-state index is -5.17. The topological polar surface area (TPSA) is 49.9 Å². The molecule has 1 aliphatic heterocycles. The fourth-order valence-electron chi connectivity index (χ4n) is 4.38. The molecule has 0 fully saturated rings. The van der Waals surface area contributed by atoms with Gasteiger partial charge in [0.25, 0.3) is 0 Å². The smallest absolute Gasteiger partial charge is 0.416 e. The van der Waals surface area contributed by atoms with Crippen LogP contribution in [0.3, 0.4) is 0 Å². The number of anilines is 1. The number of nitrogens with zero attached hydrogens (tertiary/aromatic N) is 2. The summed E-state index contributed by atoms with van der Waals surface area (Å²) in [5, 5.41) is -1.34. The van der Waals surface area contributed by atoms with Crippen LogP contribution in [-0.2, 0) is 29.8 Å². The molecule has 0 bridgehead atoms. The number of carbonyl (C=O) groups excluding carboxylic acids is 2. The standard InChI is InChI=1S/C24H20ClF9N2O3/c1-3-39-21(38)36-12(2)6-19(17-10-14(22(26,27)28)4-5-18(17)36)35(20(25)37)11-13-7-15(23(29,30)31)9-16(8-13)24(32,33)34/h4-5,7-10,12,19H,3,6,11H2,1-2H3/t12-,19+/m0/s1. The molecule has 2 aromatic carbocycles. The molecule has 2 atom stereocenters. The van der Waals surface area contributed by atoms with Gasteiger partial charge < -0.3 is 9.64 Å². The van der Waals surface area contributed by atoms with Crippen LogP contribution in [0.4, 0.5) is 54.8 Å². The summed E-state index contributed by atoms with van der Waals surface area (Å²) in [6.07, 6.45) is -16.3. The van der Waals surface area contributed by atoms with Gasteiger partial charge in [-0.15, -0.1) is 0 Å². The molecule has 0 N–H and O–H groups in total. The van der Waals surface area contributed by atoms with Crippen LogP contribution in [0.2, 0.25) is 0 Å². The third-order valence-electron chi connectivity index (χ3n) is 6.05. The highest BCUT2D eigenvalue weighted by Gasteiger charge is 2.42. The van der Waals surface area contributed by atoms with Crippen molar-refractivity contribution in [2.45, 2.75) is 57.4 Å². The maximum absolute atomic E-state index is 13.5. The monoisotopic (exact) mass is 590 g/mol. The lowest BCUT2D eigenvalue weighted by atomic mass is 9.89. The molecule has 2 aromatic rings. The fraction of sp³-hybridized carbons (Fsp3) is 0.417. The molecule has 1 heterocycles. The van der Waals surface area contributed by atoms with Crippen LogP contribution in [-0.4, -0.2) is 29.0 Å². The Bertz CT molecular complexity index is 1210. The first-order valence-electron chi connectivity index (χ1n) is 11.3. The van der Waals surface area contributed by atoms with E-state index in [-0.39, 0.29) is 30.3 Å². The molecule has 0 radical (unpaired) electrons. The summed E-state index contributed by atoms with van der Waals surface area (Å²) >= 11 is 5.69. The van der Waals surface area contributed by atoms with Gasteiger partial charge in [0.05, 0.1) is 35.0 Å². The summed E-state index contributed by atoms with van der Waals surface area (Å²) in [6.45, 7) is 2.02. The van der Waals surface area contributed by atoms with E-state index >= 15 is 0 Å². The van der Waals surface area contributed by atoms with E-state index in [4.69, 9.17) is 16.3 Å². The average molecular weight is 591 g/mol. The predicted octanol–water partition coefficient (Wildman–Crippen LogP) is 8.40. The van der Waals surface area contributed by atoms with Crippen molar-refractivity contribution in [1.29, 1.82) is 0 Å². The Kier molecular flexibility index (Phi) is 8.40. The number of hydrogen-bond acceptors (Lipinski definition) is 3. The van der Waals surface area contributed by atoms with E-state index in [1.807, 2.05) is 0 Å². The Morgan fingerprint density at radius 1 is 0.923 bits per heavy atom. The maximum atomic E-state index is 13.5. The Balaban J connectivity index is 2.17. The molecule has 214 valence electrons. The molecule has 2 amide bonds. The van der Waals surface area contributed by atoms with Gasteiger partial charge in [0.2, 0.25) is 0 Å². The van der Waals surface area contributed by atoms with Gasteiger partial charge in [-0.2, -0.15) is 39.5 Å². The molecular weight excluding hydrogens is 571 g/mol. The number of ether oxygens (including phenoxy) is 1. The van der Waals surface area contributed by atoms with Crippen LogP contribution >= 0.6 is 11.6 Å². The molecule has 0 unspecified atom stereocenters. The number of hydrogen-bond donors (Lipinski definition) is 0. The van der Waals surface area contributed by atoms with Gasteiger partial charge in [0.15, 0.2) is 0 Å². The first-order valence-corrected chi connectivity index (χ1v) is 11.6. The van der Waals surface area contributed by atoms with Crippen LogP contribution in [0.1, 0.15) is 54.1 Å². The maximum Gasteiger partial charge on any atom is 0.416 e. The number of fused-ring (bicyclic) bond motifs is 1. The first kappa shape index (κ1) is 30.4. The van der Waals surface area contributed by atoms with Crippen molar-refractivity contribution in [3.63, 3.8) is 0 Å². The van der Waals surface area contributed by atoms with E-state index in [1.54, 1.807) is 0 Å². The SMILES string of the molecule is CCOC(=O)N1c2ccc(C(F)(F)F)cc2[C@H](N(Cc2cc(C(F)(F)F)cc(C(F)(F)F)c2)C(=O)Cl)C[C@@H]1C. The lowest BCUT2D eigenvalue weighted by Gasteiger charge is -2.42. The molecule has 39 heavy (non-hydrogen) atoms. The van der Waals surface area contributed by atoms with Crippen molar-refractivity contribution in [3.05, 3.63) is 64.2 Å². The van der Waals surface area contributed by atoms with Crippen LogP contribution in [0, 0.1) is 0 Å². The fourth-order valence-corrected chi connectivity index (χ4v) is 4.56. The molecule has 0 aliphatic carbocycles. The molecular formula is C24H20ClF9N2O3. The minimum absolute atomic E-state index is 0.0647. The Hall–Kier alpha value is -3.16. The van der Waals surface area contributed by atoms with E-state index in [1.165, 1.54) is 13.8 Å². The number of amides is 2. The minimum Gasteiger partial charge on any atom is -0.449 e. The van der Waals surface area contributed by atoms with Gasteiger partial charge in [-0.05, 0) is 79.4 Å². The van der Waals surface area contributed by atoms with Crippen LogP contribution in [0.5, 0.6) is 0 Å². The quantitative estimate of drug-likeness (QED) is 0.204. The first-order chi connectivity index (χ1) is 17.8. The van der Waals surface area contributed by atoms with Gasteiger partial charge in [0.1, 0.15) is 0 Å². The van der Waals surface area contributed by atoms with E-state index in [0.717, 1.165) is 11.0 Å². The second kappa shape index (κ2) is 10.8. The summed E-state index contributed by atoms with van der Waals surface area (Å²) in [4.78, 5) is 26.7. The summed E-state index contributed by atoms with van der Waals surface area (Å²) in [5.74, 6) is 0. The molecule has 0 saturated heterocycles. The largest absolute Gasteiger partial charge is 0.449 e. The zero-order valence-electron chi connectivity index (χ0n) is 20.1. The molecule has 5 nitrogen and oxygen atoms in total. The van der Waals surface area contributed by atoms with E-state index in [0.29, 0.717) is 29.2 Å². The number of rotatable bonds is 4. The summed E-state index contributed by atoms with van der Waals surface area (Å²) in [7, 11) is 0. The van der Waals surface area contributed by atoms with Gasteiger partial charge in [-0.25, -0.2) is 4.79 Å². The van der Waals surface area contributed by atoms with E-state index < -0.39 is 70.9 Å². The highest BCUT2D eigenvalue weighted by atomic mass is 35.5. The lowest BCUT2D eigenvalue weighted by molar-refractivity contribution is -0.143. The second-order valence-electron chi connectivity index (χ2n) is 8.74. The Morgan fingerprint density at radius 3 is 1.92 bits per heavy atom. The normalized spacial score (nSPS) is 18.0. The van der Waals surface area contributed by atoms with Crippen LogP contribution < -0.4 is 4.90 Å². The Morgan fingerprint density at radius 2 is 1.46 bits per heavy atom. The van der Waals surface area contributed by atoms with Crippen molar-refractivity contribution in [1.82, 2.24) is 4.90 Å². The van der Waals surface area contributed by atoms with Crippen molar-refractivity contribution in [2.75, 3.05) is 11.5 Å². The van der Waals surface area contributed by atoms with Gasteiger partial charge in [-0.3, -0.25) is 9.69 Å². The van der Waals surface area contributed by atoms with Gasteiger partial charge in [-0.1, -0.05) is 0 Å². The van der Waals surface area contributed by atoms with Gasteiger partial charge >= 0.3 is 30.0 Å². The van der Waals surface area contributed by atoms with E-state index in [9.17, 15) is 49.1 Å².